The van der Waals surface area contributed by atoms with Gasteiger partial charge in [0.1, 0.15) is 5.75 Å². The van der Waals surface area contributed by atoms with Crippen LogP contribution in [-0.2, 0) is 23.3 Å². The number of rotatable bonds is 10. The van der Waals surface area contributed by atoms with Crippen molar-refractivity contribution in [2.24, 2.45) is 5.92 Å². The first-order valence-corrected chi connectivity index (χ1v) is 15.3. The fourth-order valence-corrected chi connectivity index (χ4v) is 6.67. The average molecular weight is 606 g/mol. The topological polar surface area (TPSA) is 100 Å². The maximum atomic E-state index is 13.6. The molecule has 228 valence electrons. The predicted octanol–water partition coefficient (Wildman–Crippen LogP) is 5.54. The molecule has 2 amide bonds. The Morgan fingerprint density at radius 3 is 2.74 bits per heavy atom. The zero-order valence-corrected chi connectivity index (χ0v) is 25.6. The Morgan fingerprint density at radius 1 is 1.16 bits per heavy atom. The number of carbonyl (C=O) groups excluding carboxylic acids is 2. The van der Waals surface area contributed by atoms with E-state index in [9.17, 15) is 14.7 Å². The molecule has 2 aliphatic rings. The van der Waals surface area contributed by atoms with E-state index in [2.05, 4.69) is 16.7 Å². The molecule has 1 fully saturated rings. The van der Waals surface area contributed by atoms with Gasteiger partial charge < -0.3 is 30.1 Å². The highest BCUT2D eigenvalue weighted by atomic mass is 35.5. The van der Waals surface area contributed by atoms with E-state index in [1.54, 1.807) is 0 Å². The van der Waals surface area contributed by atoms with Gasteiger partial charge in [0.25, 0.3) is 5.91 Å². The second-order valence-corrected chi connectivity index (χ2v) is 11.8. The Bertz CT molecular complexity index is 1450. The lowest BCUT2D eigenvalue weighted by molar-refractivity contribution is -0.0563. The molecular formula is C34H40ClN3O5. The van der Waals surface area contributed by atoms with Crippen molar-refractivity contribution in [3.8, 4) is 16.9 Å². The molecule has 0 radical (unpaired) electrons. The number of nitrogens with zero attached hydrogens (tertiary/aromatic N) is 1. The lowest BCUT2D eigenvalue weighted by atomic mass is 9.72. The van der Waals surface area contributed by atoms with Gasteiger partial charge in [-0.15, -0.1) is 0 Å². The Balaban J connectivity index is 1.47. The monoisotopic (exact) mass is 605 g/mol. The van der Waals surface area contributed by atoms with E-state index in [1.165, 1.54) is 7.11 Å². The number of alkyl carbamates (subject to hydrolysis) is 1. The lowest BCUT2D eigenvalue weighted by Gasteiger charge is -2.44. The van der Waals surface area contributed by atoms with Crippen molar-refractivity contribution in [3.05, 3.63) is 87.9 Å². The van der Waals surface area contributed by atoms with Crippen LogP contribution < -0.4 is 15.4 Å². The van der Waals surface area contributed by atoms with Crippen LogP contribution >= 0.6 is 11.6 Å². The number of methoxy groups -OCH3 is 1. The molecule has 0 bridgehead atoms. The van der Waals surface area contributed by atoms with Crippen LogP contribution in [0.1, 0.15) is 52.7 Å². The first kappa shape index (κ1) is 30.9. The lowest BCUT2D eigenvalue weighted by Crippen LogP contribution is -2.48. The van der Waals surface area contributed by atoms with E-state index in [0.29, 0.717) is 55.2 Å². The van der Waals surface area contributed by atoms with Gasteiger partial charge in [-0.2, -0.15) is 0 Å². The molecule has 2 atom stereocenters. The number of hydrogen-bond acceptors (Lipinski definition) is 6. The van der Waals surface area contributed by atoms with E-state index < -0.39 is 11.7 Å². The summed E-state index contributed by atoms with van der Waals surface area (Å²) in [7, 11) is 3.22. The van der Waals surface area contributed by atoms with Crippen LogP contribution in [0, 0.1) is 5.92 Å². The van der Waals surface area contributed by atoms with Crippen LogP contribution in [0.25, 0.3) is 11.1 Å². The SMILES string of the molecule is CNCc1ccc(C(=O)N2CCCC(C(O)(CCCNC(=O)OC)c3cccc(Cl)c3-c3ccc4c(c3)OCC4)C2)cc1. The molecule has 0 aliphatic carbocycles. The van der Waals surface area contributed by atoms with Gasteiger partial charge in [0.05, 0.1) is 19.3 Å². The zero-order chi connectivity index (χ0) is 30.4. The molecule has 3 aromatic carbocycles. The Labute approximate surface area is 258 Å². The Morgan fingerprint density at radius 2 is 1.98 bits per heavy atom. The minimum atomic E-state index is -1.33. The van der Waals surface area contributed by atoms with Crippen molar-refractivity contribution in [1.82, 2.24) is 15.5 Å². The van der Waals surface area contributed by atoms with Gasteiger partial charge in [-0.3, -0.25) is 4.79 Å². The highest BCUT2D eigenvalue weighted by molar-refractivity contribution is 6.33. The van der Waals surface area contributed by atoms with Crippen molar-refractivity contribution < 1.29 is 24.2 Å². The highest BCUT2D eigenvalue weighted by Gasteiger charge is 2.43. The third-order valence-corrected chi connectivity index (χ3v) is 8.93. The van der Waals surface area contributed by atoms with Gasteiger partial charge in [0, 0.05) is 54.7 Å². The Hall–Kier alpha value is -3.59. The quantitative estimate of drug-likeness (QED) is 0.263. The summed E-state index contributed by atoms with van der Waals surface area (Å²) in [6, 6.07) is 19.4. The molecular weight excluding hydrogens is 566 g/mol. The van der Waals surface area contributed by atoms with E-state index in [4.69, 9.17) is 21.1 Å². The van der Waals surface area contributed by atoms with E-state index in [-0.39, 0.29) is 11.8 Å². The summed E-state index contributed by atoms with van der Waals surface area (Å²) in [4.78, 5) is 27.2. The highest BCUT2D eigenvalue weighted by Crippen LogP contribution is 2.46. The van der Waals surface area contributed by atoms with E-state index in [1.807, 2.05) is 66.5 Å². The maximum Gasteiger partial charge on any atom is 0.406 e. The number of hydrogen-bond donors (Lipinski definition) is 3. The van der Waals surface area contributed by atoms with Gasteiger partial charge in [-0.1, -0.05) is 48.0 Å². The molecule has 2 heterocycles. The van der Waals surface area contributed by atoms with Gasteiger partial charge in [0.2, 0.25) is 0 Å². The molecule has 0 saturated carbocycles. The smallest absolute Gasteiger partial charge is 0.406 e. The number of halogens is 1. The number of amides is 2. The molecule has 0 aromatic heterocycles. The van der Waals surface area contributed by atoms with E-state index in [0.717, 1.165) is 53.8 Å². The van der Waals surface area contributed by atoms with Gasteiger partial charge >= 0.3 is 6.09 Å². The molecule has 5 rings (SSSR count). The number of benzene rings is 3. The molecule has 0 spiro atoms. The molecule has 3 aromatic rings. The molecule has 8 nitrogen and oxygen atoms in total. The number of ether oxygens (including phenoxy) is 2. The van der Waals surface area contributed by atoms with Crippen LogP contribution in [0.2, 0.25) is 5.02 Å². The standard InChI is InChI=1S/C34H40ClN3O5/c1-36-21-23-9-11-25(12-10-23)32(39)38-18-4-6-27(22-38)34(41,16-5-17-37-33(40)42-2)28-7-3-8-29(35)31(28)26-14-13-24-15-19-43-30(24)20-26/h3,7-14,20,27,36,41H,4-6,15-19,21-22H2,1-2H3,(H,37,40). The van der Waals surface area contributed by atoms with E-state index >= 15 is 0 Å². The second-order valence-electron chi connectivity index (χ2n) is 11.3. The fourth-order valence-electron chi connectivity index (χ4n) is 6.38. The van der Waals surface area contributed by atoms with Crippen molar-refractivity contribution in [1.29, 1.82) is 0 Å². The summed E-state index contributed by atoms with van der Waals surface area (Å²) >= 11 is 6.88. The summed E-state index contributed by atoms with van der Waals surface area (Å²) in [5.41, 5.74) is 3.91. The molecule has 1 saturated heterocycles. The third-order valence-electron chi connectivity index (χ3n) is 8.62. The van der Waals surface area contributed by atoms with Gasteiger partial charge in [-0.05, 0) is 79.3 Å². The van der Waals surface area contributed by atoms with Crippen molar-refractivity contribution >= 4 is 23.6 Å². The van der Waals surface area contributed by atoms with Crippen LogP contribution in [0.5, 0.6) is 5.75 Å². The molecule has 2 aliphatic heterocycles. The first-order valence-electron chi connectivity index (χ1n) is 15.0. The van der Waals surface area contributed by atoms with Gasteiger partial charge in [0.15, 0.2) is 0 Å². The third kappa shape index (κ3) is 6.82. The van der Waals surface area contributed by atoms with Crippen molar-refractivity contribution in [3.63, 3.8) is 0 Å². The van der Waals surface area contributed by atoms with Crippen LogP contribution in [0.15, 0.2) is 60.7 Å². The molecule has 2 unspecified atom stereocenters. The summed E-state index contributed by atoms with van der Waals surface area (Å²) < 4.78 is 10.6. The van der Waals surface area contributed by atoms with Crippen LogP contribution in [0.4, 0.5) is 4.79 Å². The number of likely N-dealkylation sites (tertiary alicyclic amines) is 1. The predicted molar refractivity (Wildman–Crippen MR) is 167 cm³/mol. The number of carbonyl (C=O) groups is 2. The summed E-state index contributed by atoms with van der Waals surface area (Å²) in [6.07, 6.45) is 2.72. The zero-order valence-electron chi connectivity index (χ0n) is 24.8. The second kappa shape index (κ2) is 13.8. The summed E-state index contributed by atoms with van der Waals surface area (Å²) in [6.45, 7) is 2.74. The number of piperidine rings is 1. The summed E-state index contributed by atoms with van der Waals surface area (Å²) in [5.74, 6) is 0.539. The minimum Gasteiger partial charge on any atom is -0.493 e. The van der Waals surface area contributed by atoms with Crippen molar-refractivity contribution in [2.75, 3.05) is 40.4 Å². The molecule has 43 heavy (non-hydrogen) atoms. The fraction of sp³-hybridized carbons (Fsp3) is 0.412. The van der Waals surface area contributed by atoms with Gasteiger partial charge in [-0.25, -0.2) is 4.79 Å². The number of nitrogens with one attached hydrogen (secondary N) is 2. The van der Waals surface area contributed by atoms with Crippen LogP contribution in [0.3, 0.4) is 0 Å². The molecule has 3 N–H and O–H groups in total. The number of aliphatic hydroxyl groups is 1. The number of fused-ring (bicyclic) bond motifs is 1. The van der Waals surface area contributed by atoms with Crippen LogP contribution in [-0.4, -0.2) is 62.4 Å². The normalized spacial score (nSPS) is 17.5. The summed E-state index contributed by atoms with van der Waals surface area (Å²) in [5, 5.41) is 19.2. The first-order chi connectivity index (χ1) is 20.8. The van der Waals surface area contributed by atoms with Crippen molar-refractivity contribution in [2.45, 2.75) is 44.2 Å². The maximum absolute atomic E-state index is 13.6. The minimum absolute atomic E-state index is 0.0440. The Kier molecular flexibility index (Phi) is 9.90. The largest absolute Gasteiger partial charge is 0.493 e. The molecule has 9 heteroatoms. The average Bonchev–Trinajstić information content (AvgIpc) is 3.51.